The van der Waals surface area contributed by atoms with E-state index < -0.39 is 0 Å². The molecule has 0 bridgehead atoms. The lowest BCUT2D eigenvalue weighted by Gasteiger charge is -2.53. The number of nitrogens with zero attached hydrogens (tertiary/aromatic N) is 6. The third kappa shape index (κ3) is 4.94. The molecule has 0 spiro atoms. The molecule has 5 aromatic heterocycles. The van der Waals surface area contributed by atoms with Crippen LogP contribution in [0.3, 0.4) is 0 Å². The van der Waals surface area contributed by atoms with E-state index in [4.69, 9.17) is 14.7 Å². The summed E-state index contributed by atoms with van der Waals surface area (Å²) in [5.74, 6) is 0.799. The first-order valence-corrected chi connectivity index (χ1v) is 16.6. The Balaban J connectivity index is 1.15. The van der Waals surface area contributed by atoms with Crippen molar-refractivity contribution in [2.45, 2.75) is 50.7 Å². The van der Waals surface area contributed by atoms with Gasteiger partial charge in [-0.1, -0.05) is 0 Å². The van der Waals surface area contributed by atoms with Crippen molar-refractivity contribution in [3.63, 3.8) is 0 Å². The van der Waals surface area contributed by atoms with Crippen LogP contribution in [0.5, 0.6) is 0 Å². The standard InChI is InChI=1S/C36H38N8O4/c1-36(30-13-18-48-30)22-37-14-15-44(36)25-8-11-31(38-20-25)39-26-10-12-32(46)41(2)33(26)27-9-7-24(21-45)34(40-27)43-17-16-42-28-6-4-3-5-23(28)19-29(42)35(43)47/h7-12,16-17,19-21,30,37H,3-6,13-15,18,22H2,1-2H3,(H,38,39)/t30?,36-/m1/s1. The van der Waals surface area contributed by atoms with Gasteiger partial charge in [0.2, 0.25) is 0 Å². The molecule has 2 N–H and O–H groups in total. The highest BCUT2D eigenvalue weighted by molar-refractivity contribution is 5.83. The third-order valence-electron chi connectivity index (χ3n) is 10.3. The van der Waals surface area contributed by atoms with Gasteiger partial charge in [-0.3, -0.25) is 19.0 Å². The van der Waals surface area contributed by atoms with Gasteiger partial charge in [0, 0.05) is 57.4 Å². The number of carbonyl (C=O) groups excluding carboxylic acids is 1. The molecule has 8 rings (SSSR count). The number of carbonyl (C=O) groups is 1. The summed E-state index contributed by atoms with van der Waals surface area (Å²) < 4.78 is 10.8. The number of hydrogen-bond acceptors (Lipinski definition) is 9. The predicted molar refractivity (Wildman–Crippen MR) is 184 cm³/mol. The molecule has 7 heterocycles. The second kappa shape index (κ2) is 11.9. The van der Waals surface area contributed by atoms with Crippen LogP contribution < -0.4 is 26.7 Å². The molecule has 0 amide bonds. The number of aromatic nitrogens is 5. The van der Waals surface area contributed by atoms with Gasteiger partial charge in [0.25, 0.3) is 11.1 Å². The van der Waals surface area contributed by atoms with Crippen molar-refractivity contribution in [2.24, 2.45) is 7.05 Å². The molecule has 2 fully saturated rings. The van der Waals surface area contributed by atoms with Gasteiger partial charge in [0.1, 0.15) is 11.3 Å². The molecular formula is C36H38N8O4. The number of pyridine rings is 3. The molecule has 0 radical (unpaired) electrons. The molecule has 12 nitrogen and oxygen atoms in total. The number of aldehydes is 1. The first kappa shape index (κ1) is 30.3. The second-order valence-corrected chi connectivity index (χ2v) is 13.1. The summed E-state index contributed by atoms with van der Waals surface area (Å²) in [4.78, 5) is 50.9. The Morgan fingerprint density at radius 3 is 2.71 bits per heavy atom. The molecule has 246 valence electrons. The molecule has 2 atom stereocenters. The van der Waals surface area contributed by atoms with Gasteiger partial charge in [-0.2, -0.15) is 0 Å². The average Bonchev–Trinajstić information content (AvgIpc) is 3.46. The summed E-state index contributed by atoms with van der Waals surface area (Å²) in [6.07, 6.45) is 11.4. The van der Waals surface area contributed by atoms with Crippen LogP contribution in [0.15, 0.2) is 70.6 Å². The van der Waals surface area contributed by atoms with Gasteiger partial charge in [-0.25, -0.2) is 9.97 Å². The summed E-state index contributed by atoms with van der Waals surface area (Å²) in [7, 11) is 1.67. The zero-order valence-corrected chi connectivity index (χ0v) is 27.1. The molecule has 2 saturated heterocycles. The quantitative estimate of drug-likeness (QED) is 0.255. The highest BCUT2D eigenvalue weighted by atomic mass is 16.5. The van der Waals surface area contributed by atoms with Crippen molar-refractivity contribution >= 4 is 29.0 Å². The predicted octanol–water partition coefficient (Wildman–Crippen LogP) is 3.64. The Hall–Kier alpha value is -5.07. The smallest absolute Gasteiger partial charge is 0.280 e. The fraction of sp³-hybridized carbons (Fsp3) is 0.361. The Kier molecular flexibility index (Phi) is 7.49. The van der Waals surface area contributed by atoms with Gasteiger partial charge >= 0.3 is 0 Å². The van der Waals surface area contributed by atoms with E-state index in [2.05, 4.69) is 28.5 Å². The van der Waals surface area contributed by atoms with Crippen LogP contribution in [-0.2, 0) is 24.6 Å². The number of nitrogens with one attached hydrogen (secondary N) is 2. The number of aryl methyl sites for hydroxylation is 2. The van der Waals surface area contributed by atoms with E-state index in [-0.39, 0.29) is 34.1 Å². The van der Waals surface area contributed by atoms with Gasteiger partial charge in [-0.05, 0) is 81.0 Å². The van der Waals surface area contributed by atoms with Gasteiger partial charge in [0.15, 0.2) is 12.1 Å². The monoisotopic (exact) mass is 646 g/mol. The number of hydrogen-bond donors (Lipinski definition) is 2. The molecule has 3 aliphatic rings. The summed E-state index contributed by atoms with van der Waals surface area (Å²) in [6, 6.07) is 12.4. The van der Waals surface area contributed by atoms with E-state index >= 15 is 0 Å². The van der Waals surface area contributed by atoms with Crippen molar-refractivity contribution < 1.29 is 9.53 Å². The zero-order chi connectivity index (χ0) is 33.0. The molecular weight excluding hydrogens is 608 g/mol. The minimum absolute atomic E-state index is 0.164. The van der Waals surface area contributed by atoms with E-state index in [1.54, 1.807) is 31.4 Å². The van der Waals surface area contributed by atoms with E-state index in [9.17, 15) is 14.4 Å². The lowest BCUT2D eigenvalue weighted by atomic mass is 9.85. The number of anilines is 3. The molecule has 1 unspecified atom stereocenters. The summed E-state index contributed by atoms with van der Waals surface area (Å²) in [5.41, 5.74) is 5.08. The van der Waals surface area contributed by atoms with Crippen LogP contribution in [0.25, 0.3) is 22.7 Å². The first-order chi connectivity index (χ1) is 23.4. The molecule has 2 aliphatic heterocycles. The maximum absolute atomic E-state index is 13.8. The molecule has 12 heteroatoms. The highest BCUT2D eigenvalue weighted by Crippen LogP contribution is 2.35. The molecule has 1 aliphatic carbocycles. The highest BCUT2D eigenvalue weighted by Gasteiger charge is 2.45. The normalized spacial score (nSPS) is 20.7. The van der Waals surface area contributed by atoms with Crippen LogP contribution in [0, 0.1) is 0 Å². The van der Waals surface area contributed by atoms with Crippen LogP contribution in [0.1, 0.15) is 47.8 Å². The molecule has 0 saturated carbocycles. The Morgan fingerprint density at radius 2 is 1.94 bits per heavy atom. The van der Waals surface area contributed by atoms with Crippen LogP contribution >= 0.6 is 0 Å². The maximum Gasteiger partial charge on any atom is 0.280 e. The van der Waals surface area contributed by atoms with Crippen LogP contribution in [-0.4, -0.2) is 67.7 Å². The Bertz CT molecular complexity index is 2160. The van der Waals surface area contributed by atoms with Crippen LogP contribution in [0.4, 0.5) is 17.2 Å². The van der Waals surface area contributed by atoms with E-state index in [0.29, 0.717) is 34.7 Å². The second-order valence-electron chi connectivity index (χ2n) is 13.1. The van der Waals surface area contributed by atoms with E-state index in [1.807, 2.05) is 28.9 Å². The maximum atomic E-state index is 13.8. The lowest BCUT2D eigenvalue weighted by molar-refractivity contribution is -0.0938. The number of fused-ring (bicyclic) bond motifs is 3. The summed E-state index contributed by atoms with van der Waals surface area (Å²) >= 11 is 0. The Labute approximate surface area is 277 Å². The number of ether oxygens (including phenoxy) is 1. The van der Waals surface area contributed by atoms with E-state index in [1.165, 1.54) is 26.5 Å². The zero-order valence-electron chi connectivity index (χ0n) is 27.1. The van der Waals surface area contributed by atoms with E-state index in [0.717, 1.165) is 64.0 Å². The number of piperazine rings is 1. The largest absolute Gasteiger partial charge is 0.376 e. The minimum Gasteiger partial charge on any atom is -0.376 e. The van der Waals surface area contributed by atoms with Gasteiger partial charge < -0.3 is 29.2 Å². The molecule has 48 heavy (non-hydrogen) atoms. The van der Waals surface area contributed by atoms with Crippen molar-refractivity contribution in [3.05, 3.63) is 98.6 Å². The van der Waals surface area contributed by atoms with Crippen molar-refractivity contribution in [3.8, 4) is 17.2 Å². The molecule has 5 aromatic rings. The summed E-state index contributed by atoms with van der Waals surface area (Å²) in [6.45, 7) is 5.61. The average molecular weight is 647 g/mol. The third-order valence-corrected chi connectivity index (χ3v) is 10.3. The van der Waals surface area contributed by atoms with Gasteiger partial charge in [0.05, 0.1) is 46.2 Å². The van der Waals surface area contributed by atoms with Crippen LogP contribution in [0.2, 0.25) is 0 Å². The number of rotatable bonds is 7. The molecule has 0 aromatic carbocycles. The van der Waals surface area contributed by atoms with Crippen molar-refractivity contribution in [1.82, 2.24) is 28.8 Å². The fourth-order valence-electron chi connectivity index (χ4n) is 7.55. The summed E-state index contributed by atoms with van der Waals surface area (Å²) in [5, 5.41) is 6.89. The van der Waals surface area contributed by atoms with Crippen molar-refractivity contribution in [2.75, 3.05) is 36.5 Å². The Morgan fingerprint density at radius 1 is 1.08 bits per heavy atom. The fourth-order valence-corrected chi connectivity index (χ4v) is 7.55. The van der Waals surface area contributed by atoms with Crippen molar-refractivity contribution in [1.29, 1.82) is 0 Å². The first-order valence-electron chi connectivity index (χ1n) is 16.6. The lowest BCUT2D eigenvalue weighted by Crippen LogP contribution is -2.68. The van der Waals surface area contributed by atoms with Gasteiger partial charge in [-0.15, -0.1) is 0 Å². The topological polar surface area (TPSA) is 128 Å². The minimum atomic E-state index is -0.256. The SMILES string of the molecule is Cn1c(-c2ccc(C=O)c(-n3ccn4c5c(cc4c3=O)CCCC5)n2)c(Nc2ccc(N3CCNC[C@]3(C)C3CCO3)cn2)ccc1=O.